The van der Waals surface area contributed by atoms with Crippen LogP contribution in [0.5, 0.6) is 0 Å². The van der Waals surface area contributed by atoms with Gasteiger partial charge >= 0.3 is 14.2 Å². The summed E-state index contributed by atoms with van der Waals surface area (Å²) in [5, 5.41) is 68.0. The molecule has 0 aliphatic carbocycles. The van der Waals surface area contributed by atoms with Crippen molar-refractivity contribution in [2.75, 3.05) is 5.73 Å². The molecule has 0 radical (unpaired) electrons. The predicted octanol–water partition coefficient (Wildman–Crippen LogP) is 1.22. The first kappa shape index (κ1) is 42.1. The van der Waals surface area contributed by atoms with E-state index in [0.29, 0.717) is 50.0 Å². The van der Waals surface area contributed by atoms with Gasteiger partial charge in [0.15, 0.2) is 11.6 Å². The number of benzene rings is 2. The number of halogens is 4. The van der Waals surface area contributed by atoms with Crippen molar-refractivity contribution < 1.29 is 33.8 Å². The van der Waals surface area contributed by atoms with Gasteiger partial charge in [0, 0.05) is 17.8 Å². The highest BCUT2D eigenvalue weighted by Gasteiger charge is 2.22. The molecule has 48 heavy (non-hydrogen) atoms. The van der Waals surface area contributed by atoms with Crippen LogP contribution in [0.3, 0.4) is 0 Å². The topological polar surface area (TPSA) is 289 Å². The van der Waals surface area contributed by atoms with Crippen LogP contribution >= 0.6 is 24.8 Å². The molecule has 0 aliphatic rings. The van der Waals surface area contributed by atoms with Crippen LogP contribution in [0.4, 0.5) is 20.2 Å². The van der Waals surface area contributed by atoms with Crippen LogP contribution in [0.15, 0.2) is 36.4 Å². The van der Waals surface area contributed by atoms with Gasteiger partial charge in [0.2, 0.25) is 0 Å². The standard InChI is InChI=1S/C12H16BFN6O4.C12H18BFN6O2.2ClH/c14-9-5-4-8(20(23)24)7-11(9)19-12(16-17-18-19)10(15)3-1-2-6-13(21)22;14-9-5-4-8(15)7-11(9)20-12(17-18-19-20)10(16)3-1-2-6-13(21)22;;/h4-5,7,10,21-22H,1-3,6,15H2;4-5,7,10,21-22H,1-3,6,15-16H2;2*1H. The van der Waals surface area contributed by atoms with Crippen LogP contribution in [0.1, 0.15) is 62.3 Å². The van der Waals surface area contributed by atoms with Crippen molar-refractivity contribution in [3.8, 4) is 11.4 Å². The van der Waals surface area contributed by atoms with Crippen molar-refractivity contribution in [3.05, 3.63) is 69.8 Å². The monoisotopic (exact) mass is 718 g/mol. The third kappa shape index (κ3) is 12.3. The third-order valence-corrected chi connectivity index (χ3v) is 6.67. The van der Waals surface area contributed by atoms with Gasteiger partial charge in [0.1, 0.15) is 23.0 Å². The summed E-state index contributed by atoms with van der Waals surface area (Å²) in [5.74, 6) is -0.726. The van der Waals surface area contributed by atoms with Gasteiger partial charge in [-0.3, -0.25) is 10.1 Å². The average molecular weight is 719 g/mol. The molecule has 24 heteroatoms. The van der Waals surface area contributed by atoms with E-state index in [1.807, 2.05) is 0 Å². The lowest BCUT2D eigenvalue weighted by Gasteiger charge is -2.12. The number of hydrogen-bond donors (Lipinski definition) is 7. The molecule has 0 fully saturated rings. The summed E-state index contributed by atoms with van der Waals surface area (Å²) in [4.78, 5) is 10.2. The number of unbranched alkanes of at least 4 members (excludes halogenated alkanes) is 2. The molecular formula is C24H36B2Cl2F2N12O6. The molecule has 0 amide bonds. The van der Waals surface area contributed by atoms with Crippen molar-refractivity contribution in [1.29, 1.82) is 0 Å². The van der Waals surface area contributed by atoms with E-state index in [1.54, 1.807) is 0 Å². The molecule has 0 bridgehead atoms. The second-order valence-electron chi connectivity index (χ2n) is 10.2. The van der Waals surface area contributed by atoms with Crippen molar-refractivity contribution in [2.24, 2.45) is 11.5 Å². The molecule has 2 heterocycles. The molecule has 10 N–H and O–H groups in total. The molecule has 0 spiro atoms. The number of tetrazole rings is 2. The number of anilines is 1. The van der Waals surface area contributed by atoms with E-state index in [9.17, 15) is 18.9 Å². The number of non-ortho nitro benzene ring substituents is 1. The zero-order valence-electron chi connectivity index (χ0n) is 25.4. The van der Waals surface area contributed by atoms with E-state index >= 15 is 0 Å². The molecule has 18 nitrogen and oxygen atoms in total. The Kier molecular flexibility index (Phi) is 18.0. The Bertz CT molecular complexity index is 1580. The Morgan fingerprint density at radius 2 is 1.21 bits per heavy atom. The van der Waals surface area contributed by atoms with Gasteiger partial charge in [-0.05, 0) is 70.6 Å². The molecule has 4 aromatic rings. The molecular weight excluding hydrogens is 683 g/mol. The van der Waals surface area contributed by atoms with Gasteiger partial charge in [-0.25, -0.2) is 8.78 Å². The van der Waals surface area contributed by atoms with Gasteiger partial charge in [0.25, 0.3) is 5.69 Å². The maximum absolute atomic E-state index is 14.0. The fourth-order valence-corrected chi connectivity index (χ4v) is 4.30. The molecule has 0 saturated heterocycles. The first-order chi connectivity index (χ1) is 21.9. The summed E-state index contributed by atoms with van der Waals surface area (Å²) in [7, 11) is -2.69. The molecule has 2 aromatic carbocycles. The fraction of sp³-hybridized carbons (Fsp3) is 0.417. The van der Waals surface area contributed by atoms with Crippen LogP contribution in [0.2, 0.25) is 12.6 Å². The first-order valence-corrected chi connectivity index (χ1v) is 14.2. The highest BCUT2D eigenvalue weighted by atomic mass is 35.5. The lowest BCUT2D eigenvalue weighted by atomic mass is 9.83. The van der Waals surface area contributed by atoms with Gasteiger partial charge in [-0.15, -0.1) is 35.0 Å². The normalized spacial score (nSPS) is 11.8. The van der Waals surface area contributed by atoms with E-state index in [-0.39, 0.29) is 60.3 Å². The molecule has 4 rings (SSSR count). The van der Waals surface area contributed by atoms with Gasteiger partial charge < -0.3 is 37.3 Å². The number of hydrogen-bond acceptors (Lipinski definition) is 15. The van der Waals surface area contributed by atoms with E-state index in [4.69, 9.17) is 37.3 Å². The number of nitrogens with two attached hydrogens (primary N) is 3. The lowest BCUT2D eigenvalue weighted by molar-refractivity contribution is -0.384. The van der Waals surface area contributed by atoms with Gasteiger partial charge in [0.05, 0.1) is 17.0 Å². The number of nitrogen functional groups attached to an aromatic ring is 1. The van der Waals surface area contributed by atoms with Crippen LogP contribution in [0.25, 0.3) is 11.4 Å². The Balaban J connectivity index is 0.000000462. The Morgan fingerprint density at radius 3 is 1.65 bits per heavy atom. The minimum Gasteiger partial charge on any atom is -0.427 e. The zero-order chi connectivity index (χ0) is 33.8. The van der Waals surface area contributed by atoms with E-state index < -0.39 is 42.9 Å². The minimum atomic E-state index is -1.37. The lowest BCUT2D eigenvalue weighted by Crippen LogP contribution is -2.18. The number of rotatable bonds is 15. The number of aromatic nitrogens is 8. The Morgan fingerprint density at radius 1 is 0.771 bits per heavy atom. The van der Waals surface area contributed by atoms with E-state index in [2.05, 4.69) is 31.1 Å². The fourth-order valence-electron chi connectivity index (χ4n) is 4.30. The summed E-state index contributed by atoms with van der Waals surface area (Å²) in [6.45, 7) is 0. The Labute approximate surface area is 285 Å². The predicted molar refractivity (Wildman–Crippen MR) is 175 cm³/mol. The summed E-state index contributed by atoms with van der Waals surface area (Å²) < 4.78 is 30.2. The second kappa shape index (κ2) is 20.5. The first-order valence-electron chi connectivity index (χ1n) is 14.2. The SMILES string of the molecule is Cl.Cl.NC(CCCCB(O)O)c1nnnn1-c1cc([N+](=O)[O-])ccc1F.Nc1ccc(F)c(-n2nnnc2C(N)CCCCB(O)O)c1. The van der Waals surface area contributed by atoms with E-state index in [1.165, 1.54) is 22.9 Å². The maximum atomic E-state index is 14.0. The number of nitrogens with zero attached hydrogens (tertiary/aromatic N) is 9. The largest absolute Gasteiger partial charge is 0.451 e. The second-order valence-corrected chi connectivity index (χ2v) is 10.2. The molecule has 2 aromatic heterocycles. The van der Waals surface area contributed by atoms with Crippen LogP contribution in [0, 0.1) is 21.7 Å². The number of nitro groups is 1. The minimum absolute atomic E-state index is 0. The number of nitro benzene ring substituents is 1. The smallest absolute Gasteiger partial charge is 0.427 e. The maximum Gasteiger partial charge on any atom is 0.451 e. The average Bonchev–Trinajstić information content (AvgIpc) is 3.69. The van der Waals surface area contributed by atoms with Crippen LogP contribution in [-0.2, 0) is 0 Å². The summed E-state index contributed by atoms with van der Waals surface area (Å²) in [5.41, 5.74) is 17.8. The van der Waals surface area contributed by atoms with E-state index in [0.717, 1.165) is 22.9 Å². The van der Waals surface area contributed by atoms with Crippen molar-refractivity contribution >= 4 is 50.4 Å². The summed E-state index contributed by atoms with van der Waals surface area (Å²) in [6, 6.07) is 6.04. The summed E-state index contributed by atoms with van der Waals surface area (Å²) in [6.07, 6.45) is 3.88. The molecule has 0 aliphatic heterocycles. The van der Waals surface area contributed by atoms with Gasteiger partial charge in [-0.2, -0.15) is 9.36 Å². The molecule has 2 atom stereocenters. The Hall–Kier alpha value is -3.89. The quantitative estimate of drug-likeness (QED) is 0.0299. The van der Waals surface area contributed by atoms with Crippen LogP contribution in [-0.4, -0.2) is 79.7 Å². The molecule has 262 valence electrons. The third-order valence-electron chi connectivity index (χ3n) is 6.67. The summed E-state index contributed by atoms with van der Waals surface area (Å²) >= 11 is 0. The molecule has 2 unspecified atom stereocenters. The highest BCUT2D eigenvalue weighted by Crippen LogP contribution is 2.24. The van der Waals surface area contributed by atoms with Crippen molar-refractivity contribution in [2.45, 2.75) is 63.2 Å². The highest BCUT2D eigenvalue weighted by molar-refractivity contribution is 6.41. The molecule has 0 saturated carbocycles. The van der Waals surface area contributed by atoms with Crippen molar-refractivity contribution in [1.82, 2.24) is 40.4 Å². The zero-order valence-corrected chi connectivity index (χ0v) is 27.0. The van der Waals surface area contributed by atoms with Gasteiger partial charge in [-0.1, -0.05) is 25.7 Å². The van der Waals surface area contributed by atoms with Crippen molar-refractivity contribution in [3.63, 3.8) is 0 Å². The van der Waals surface area contributed by atoms with Crippen LogP contribution < -0.4 is 17.2 Å².